The van der Waals surface area contributed by atoms with E-state index in [0.29, 0.717) is 6.54 Å². The fraction of sp³-hybridized carbons (Fsp3) is 0.438. The van der Waals surface area contributed by atoms with Gasteiger partial charge in [0.05, 0.1) is 17.3 Å². The summed E-state index contributed by atoms with van der Waals surface area (Å²) in [6.45, 7) is 4.83. The number of hydrogen-bond acceptors (Lipinski definition) is 4. The molecule has 1 aromatic heterocycles. The molecule has 21 heavy (non-hydrogen) atoms. The quantitative estimate of drug-likeness (QED) is 0.795. The van der Waals surface area contributed by atoms with Crippen LogP contribution in [0.2, 0.25) is 5.02 Å². The highest BCUT2D eigenvalue weighted by atomic mass is 35.5. The van der Waals surface area contributed by atoms with Gasteiger partial charge in [-0.1, -0.05) is 43.1 Å². The van der Waals surface area contributed by atoms with Crippen molar-refractivity contribution in [2.24, 2.45) is 0 Å². The largest absolute Gasteiger partial charge is 0.395 e. The van der Waals surface area contributed by atoms with Crippen LogP contribution in [0.5, 0.6) is 0 Å². The number of thiazole rings is 1. The van der Waals surface area contributed by atoms with Crippen molar-refractivity contribution in [3.63, 3.8) is 0 Å². The van der Waals surface area contributed by atoms with E-state index in [1.54, 1.807) is 11.3 Å². The van der Waals surface area contributed by atoms with Crippen molar-refractivity contribution in [2.45, 2.75) is 26.3 Å². The lowest BCUT2D eigenvalue weighted by Gasteiger charge is -2.19. The van der Waals surface area contributed by atoms with Gasteiger partial charge in [0, 0.05) is 24.0 Å². The molecule has 0 bridgehead atoms. The van der Waals surface area contributed by atoms with Crippen LogP contribution in [0.1, 0.15) is 25.5 Å². The predicted molar refractivity (Wildman–Crippen MR) is 89.8 cm³/mol. The number of aliphatic hydroxyl groups excluding tert-OH is 1. The zero-order valence-electron chi connectivity index (χ0n) is 12.3. The fourth-order valence-corrected chi connectivity index (χ4v) is 3.29. The van der Waals surface area contributed by atoms with E-state index in [4.69, 9.17) is 16.7 Å². The van der Waals surface area contributed by atoms with Crippen LogP contribution in [-0.2, 0) is 6.54 Å². The van der Waals surface area contributed by atoms with Gasteiger partial charge in [-0.05, 0) is 19.0 Å². The summed E-state index contributed by atoms with van der Waals surface area (Å²) in [5.41, 5.74) is 2.03. The SMILES string of the molecule is CCCCN(CCO)Cc1csc(-c2ccccc2Cl)n1. The van der Waals surface area contributed by atoms with E-state index in [9.17, 15) is 0 Å². The second-order valence-electron chi connectivity index (χ2n) is 4.98. The minimum absolute atomic E-state index is 0.186. The molecule has 2 rings (SSSR count). The second kappa shape index (κ2) is 8.49. The van der Waals surface area contributed by atoms with Crippen molar-refractivity contribution in [1.29, 1.82) is 0 Å². The van der Waals surface area contributed by atoms with Gasteiger partial charge in [0.15, 0.2) is 0 Å². The molecular formula is C16H21ClN2OS. The lowest BCUT2D eigenvalue weighted by Crippen LogP contribution is -2.27. The van der Waals surface area contributed by atoms with Crippen LogP contribution >= 0.6 is 22.9 Å². The summed E-state index contributed by atoms with van der Waals surface area (Å²) < 4.78 is 0. The molecule has 2 aromatic rings. The number of unbranched alkanes of at least 4 members (excludes halogenated alkanes) is 1. The number of nitrogens with zero attached hydrogens (tertiary/aromatic N) is 2. The van der Waals surface area contributed by atoms with Crippen LogP contribution < -0.4 is 0 Å². The number of hydrogen-bond donors (Lipinski definition) is 1. The molecule has 0 amide bonds. The van der Waals surface area contributed by atoms with Gasteiger partial charge in [-0.15, -0.1) is 11.3 Å². The highest BCUT2D eigenvalue weighted by Crippen LogP contribution is 2.30. The van der Waals surface area contributed by atoms with Crippen LogP contribution in [0.15, 0.2) is 29.6 Å². The maximum atomic E-state index is 9.16. The monoisotopic (exact) mass is 324 g/mol. The fourth-order valence-electron chi connectivity index (χ4n) is 2.16. The van der Waals surface area contributed by atoms with Crippen LogP contribution in [0.25, 0.3) is 10.6 Å². The molecule has 0 saturated heterocycles. The first-order chi connectivity index (χ1) is 10.2. The van der Waals surface area contributed by atoms with Gasteiger partial charge in [-0.25, -0.2) is 4.98 Å². The Hall–Kier alpha value is -0.940. The summed E-state index contributed by atoms with van der Waals surface area (Å²) in [5.74, 6) is 0. The van der Waals surface area contributed by atoms with Crippen molar-refractivity contribution in [2.75, 3.05) is 19.7 Å². The van der Waals surface area contributed by atoms with Crippen molar-refractivity contribution >= 4 is 22.9 Å². The summed E-state index contributed by atoms with van der Waals surface area (Å²) in [7, 11) is 0. The molecule has 1 N–H and O–H groups in total. The normalized spacial score (nSPS) is 11.2. The lowest BCUT2D eigenvalue weighted by atomic mass is 10.2. The van der Waals surface area contributed by atoms with Crippen LogP contribution in [0.3, 0.4) is 0 Å². The van der Waals surface area contributed by atoms with Gasteiger partial charge >= 0.3 is 0 Å². The summed E-state index contributed by atoms with van der Waals surface area (Å²) in [6.07, 6.45) is 2.30. The smallest absolute Gasteiger partial charge is 0.125 e. The zero-order valence-corrected chi connectivity index (χ0v) is 13.8. The Kier molecular flexibility index (Phi) is 6.64. The minimum Gasteiger partial charge on any atom is -0.395 e. The summed E-state index contributed by atoms with van der Waals surface area (Å²) in [4.78, 5) is 6.93. The zero-order chi connectivity index (χ0) is 15.1. The average Bonchev–Trinajstić information content (AvgIpc) is 2.94. The van der Waals surface area contributed by atoms with E-state index < -0.39 is 0 Å². The first-order valence-corrected chi connectivity index (χ1v) is 8.53. The number of aromatic nitrogens is 1. The van der Waals surface area contributed by atoms with E-state index >= 15 is 0 Å². The Morgan fingerprint density at radius 1 is 1.29 bits per heavy atom. The topological polar surface area (TPSA) is 36.4 Å². The van der Waals surface area contributed by atoms with E-state index in [2.05, 4.69) is 22.2 Å². The van der Waals surface area contributed by atoms with Crippen LogP contribution in [0.4, 0.5) is 0 Å². The lowest BCUT2D eigenvalue weighted by molar-refractivity contribution is 0.187. The maximum Gasteiger partial charge on any atom is 0.125 e. The third-order valence-corrected chi connectivity index (χ3v) is 4.54. The molecule has 0 spiro atoms. The molecule has 0 aliphatic carbocycles. The molecule has 114 valence electrons. The Morgan fingerprint density at radius 3 is 2.81 bits per heavy atom. The third kappa shape index (κ3) is 4.78. The average molecular weight is 325 g/mol. The summed E-state index contributed by atoms with van der Waals surface area (Å²) >= 11 is 7.83. The van der Waals surface area contributed by atoms with Gasteiger partial charge < -0.3 is 5.11 Å². The first-order valence-electron chi connectivity index (χ1n) is 7.27. The molecule has 0 atom stereocenters. The standard InChI is InChI=1S/C16H21ClN2OS/c1-2-3-8-19(9-10-20)11-13-12-21-16(18-13)14-6-4-5-7-15(14)17/h4-7,12,20H,2-3,8-11H2,1H3. The first kappa shape index (κ1) is 16.4. The summed E-state index contributed by atoms with van der Waals surface area (Å²) in [5, 5.41) is 12.9. The molecule has 3 nitrogen and oxygen atoms in total. The van der Waals surface area contributed by atoms with Gasteiger partial charge in [0.25, 0.3) is 0 Å². The molecule has 0 aliphatic rings. The van der Waals surface area contributed by atoms with Gasteiger partial charge in [0.1, 0.15) is 5.01 Å². The molecular weight excluding hydrogens is 304 g/mol. The molecule has 5 heteroatoms. The molecule has 1 aromatic carbocycles. The van der Waals surface area contributed by atoms with E-state index in [1.165, 1.54) is 0 Å². The van der Waals surface area contributed by atoms with Gasteiger partial charge in [-0.3, -0.25) is 4.90 Å². The highest BCUT2D eigenvalue weighted by Gasteiger charge is 2.11. The molecule has 0 aliphatic heterocycles. The molecule has 0 saturated carbocycles. The van der Waals surface area contributed by atoms with Gasteiger partial charge in [0.2, 0.25) is 0 Å². The molecule has 0 fully saturated rings. The van der Waals surface area contributed by atoms with Crippen molar-refractivity contribution in [3.05, 3.63) is 40.4 Å². The maximum absolute atomic E-state index is 9.16. The Balaban J connectivity index is 2.06. The number of benzene rings is 1. The minimum atomic E-state index is 0.186. The molecule has 0 radical (unpaired) electrons. The van der Waals surface area contributed by atoms with Gasteiger partial charge in [-0.2, -0.15) is 0 Å². The Bertz CT molecular complexity index is 559. The molecule has 1 heterocycles. The van der Waals surface area contributed by atoms with E-state index in [1.807, 2.05) is 24.3 Å². The van der Waals surface area contributed by atoms with E-state index in [0.717, 1.165) is 47.2 Å². The second-order valence-corrected chi connectivity index (χ2v) is 6.24. The summed E-state index contributed by atoms with van der Waals surface area (Å²) in [6, 6.07) is 7.78. The predicted octanol–water partition coefficient (Wildman–Crippen LogP) is 4.06. The Morgan fingerprint density at radius 2 is 2.10 bits per heavy atom. The van der Waals surface area contributed by atoms with Crippen molar-refractivity contribution < 1.29 is 5.11 Å². The number of halogens is 1. The van der Waals surface area contributed by atoms with Crippen molar-refractivity contribution in [3.8, 4) is 10.6 Å². The number of rotatable bonds is 8. The number of aliphatic hydroxyl groups is 1. The highest BCUT2D eigenvalue weighted by molar-refractivity contribution is 7.13. The van der Waals surface area contributed by atoms with Crippen LogP contribution in [-0.4, -0.2) is 34.7 Å². The Labute approximate surface area is 135 Å². The van der Waals surface area contributed by atoms with E-state index in [-0.39, 0.29) is 6.61 Å². The third-order valence-electron chi connectivity index (χ3n) is 3.29. The van der Waals surface area contributed by atoms with Crippen molar-refractivity contribution in [1.82, 2.24) is 9.88 Å². The molecule has 0 unspecified atom stereocenters. The van der Waals surface area contributed by atoms with Crippen LogP contribution in [0, 0.1) is 0 Å².